The molecule has 0 bridgehead atoms. The molecule has 2 heterocycles. The number of nitrogens with one attached hydrogen (secondary N) is 2. The number of para-hydroxylation sites is 1. The number of rotatable bonds is 5. The van der Waals surface area contributed by atoms with Gasteiger partial charge in [0.25, 0.3) is 5.95 Å². The molecule has 1 aliphatic rings. The highest BCUT2D eigenvalue weighted by Crippen LogP contribution is 2.41. The first kappa shape index (κ1) is 20.2. The van der Waals surface area contributed by atoms with Crippen LogP contribution in [0.1, 0.15) is 43.5 Å². The number of aromatic nitrogens is 3. The van der Waals surface area contributed by atoms with Crippen LogP contribution in [0, 0.1) is 5.92 Å². The van der Waals surface area contributed by atoms with Crippen LogP contribution >= 0.6 is 11.6 Å². The Morgan fingerprint density at radius 1 is 1.23 bits per heavy atom. The van der Waals surface area contributed by atoms with Gasteiger partial charge >= 0.3 is 0 Å². The molecule has 0 saturated carbocycles. The summed E-state index contributed by atoms with van der Waals surface area (Å²) < 4.78 is 7.42. The summed E-state index contributed by atoms with van der Waals surface area (Å²) in [5, 5.41) is 11.5. The fourth-order valence-electron chi connectivity index (χ4n) is 3.60. The molecule has 30 heavy (non-hydrogen) atoms. The third kappa shape index (κ3) is 3.98. The van der Waals surface area contributed by atoms with Gasteiger partial charge in [-0.3, -0.25) is 10.1 Å². The van der Waals surface area contributed by atoms with E-state index >= 15 is 0 Å². The van der Waals surface area contributed by atoms with Crippen molar-refractivity contribution in [3.8, 4) is 5.75 Å². The van der Waals surface area contributed by atoms with Gasteiger partial charge in [-0.05, 0) is 30.2 Å². The normalized spacial score (nSPS) is 17.9. The minimum Gasteiger partial charge on any atom is -0.496 e. The molecule has 1 aliphatic heterocycles. The summed E-state index contributed by atoms with van der Waals surface area (Å²) in [4.78, 5) is 16.7. The molecule has 0 radical (unpaired) electrons. The van der Waals surface area contributed by atoms with Crippen molar-refractivity contribution in [3.63, 3.8) is 0 Å². The second kappa shape index (κ2) is 8.36. The molecule has 0 aliphatic carbocycles. The second-order valence-electron chi connectivity index (χ2n) is 7.59. The molecule has 0 fully saturated rings. The van der Waals surface area contributed by atoms with Crippen LogP contribution in [0.15, 0.2) is 48.5 Å². The SMILES string of the molecule is COc1ccccc1[C@@H]1C[C@@H](c2ccc(Cl)cc2)Nc2nc(NC(=O)C(C)C)nn21. The highest BCUT2D eigenvalue weighted by atomic mass is 35.5. The number of nitrogens with zero attached hydrogens (tertiary/aromatic N) is 3. The number of hydrogen-bond acceptors (Lipinski definition) is 5. The molecular formula is C22H24ClN5O2. The number of carbonyl (C=O) groups excluding carboxylic acids is 1. The second-order valence-corrected chi connectivity index (χ2v) is 8.03. The first-order valence-corrected chi connectivity index (χ1v) is 10.3. The van der Waals surface area contributed by atoms with E-state index in [1.807, 2.05) is 67.1 Å². The standard InChI is InChI=1S/C22H24ClN5O2/c1-13(2)20(29)25-21-26-22-24-17(14-8-10-15(23)11-9-14)12-18(28(22)27-21)16-6-4-5-7-19(16)30-3/h4-11,13,17-18H,12H2,1-3H3,(H2,24,25,26,27,29)/t17-,18-/m0/s1. The summed E-state index contributed by atoms with van der Waals surface area (Å²) in [6, 6.07) is 15.6. The number of anilines is 2. The van der Waals surface area contributed by atoms with Crippen molar-refractivity contribution in [1.82, 2.24) is 14.8 Å². The Kier molecular flexibility index (Phi) is 5.63. The molecule has 0 saturated heterocycles. The summed E-state index contributed by atoms with van der Waals surface area (Å²) in [5.74, 6) is 1.38. The van der Waals surface area contributed by atoms with Gasteiger partial charge in [0.1, 0.15) is 5.75 Å². The number of benzene rings is 2. The van der Waals surface area contributed by atoms with Crippen molar-refractivity contribution in [2.24, 2.45) is 5.92 Å². The highest BCUT2D eigenvalue weighted by Gasteiger charge is 2.33. The quantitative estimate of drug-likeness (QED) is 0.620. The van der Waals surface area contributed by atoms with Crippen LogP contribution in [0.5, 0.6) is 5.75 Å². The van der Waals surface area contributed by atoms with Crippen LogP contribution < -0.4 is 15.4 Å². The zero-order chi connectivity index (χ0) is 21.3. The van der Waals surface area contributed by atoms with Crippen LogP contribution in [0.4, 0.5) is 11.9 Å². The lowest BCUT2D eigenvalue weighted by molar-refractivity contribution is -0.118. The van der Waals surface area contributed by atoms with E-state index in [2.05, 4.69) is 20.7 Å². The van der Waals surface area contributed by atoms with Gasteiger partial charge in [0.05, 0.1) is 19.2 Å². The van der Waals surface area contributed by atoms with Crippen molar-refractivity contribution in [3.05, 3.63) is 64.7 Å². The van der Waals surface area contributed by atoms with E-state index in [1.54, 1.807) is 7.11 Å². The Morgan fingerprint density at radius 2 is 1.97 bits per heavy atom. The van der Waals surface area contributed by atoms with Gasteiger partial charge in [-0.2, -0.15) is 4.98 Å². The zero-order valence-electron chi connectivity index (χ0n) is 17.1. The topological polar surface area (TPSA) is 81.1 Å². The van der Waals surface area contributed by atoms with Crippen molar-refractivity contribution >= 4 is 29.4 Å². The van der Waals surface area contributed by atoms with E-state index in [0.29, 0.717) is 11.0 Å². The van der Waals surface area contributed by atoms with E-state index < -0.39 is 0 Å². The summed E-state index contributed by atoms with van der Waals surface area (Å²) in [6.45, 7) is 3.66. The Labute approximate surface area is 180 Å². The lowest BCUT2D eigenvalue weighted by atomic mass is 9.93. The molecule has 2 aromatic carbocycles. The van der Waals surface area contributed by atoms with E-state index in [0.717, 1.165) is 23.3 Å². The first-order valence-electron chi connectivity index (χ1n) is 9.88. The Hall–Kier alpha value is -3.06. The third-order valence-electron chi connectivity index (χ3n) is 5.22. The van der Waals surface area contributed by atoms with Crippen molar-refractivity contribution in [2.75, 3.05) is 17.7 Å². The summed E-state index contributed by atoms with van der Waals surface area (Å²) >= 11 is 6.07. The molecule has 0 spiro atoms. The van der Waals surface area contributed by atoms with Crippen LogP contribution in [-0.2, 0) is 4.79 Å². The average molecular weight is 426 g/mol. The number of methoxy groups -OCH3 is 1. The van der Waals surface area contributed by atoms with E-state index in [4.69, 9.17) is 16.3 Å². The molecule has 2 atom stereocenters. The number of ether oxygens (including phenoxy) is 1. The van der Waals surface area contributed by atoms with Crippen molar-refractivity contribution in [2.45, 2.75) is 32.4 Å². The number of amides is 1. The fraction of sp³-hybridized carbons (Fsp3) is 0.318. The molecule has 0 unspecified atom stereocenters. The zero-order valence-corrected chi connectivity index (χ0v) is 17.8. The Balaban J connectivity index is 1.75. The van der Waals surface area contributed by atoms with Gasteiger partial charge in [-0.25, -0.2) is 4.68 Å². The minimum absolute atomic E-state index is 0.00234. The summed E-state index contributed by atoms with van der Waals surface area (Å²) in [5.41, 5.74) is 2.11. The summed E-state index contributed by atoms with van der Waals surface area (Å²) in [6.07, 6.45) is 0.732. The van der Waals surface area contributed by atoms with Gasteiger partial charge in [0, 0.05) is 16.5 Å². The number of fused-ring (bicyclic) bond motifs is 1. The van der Waals surface area contributed by atoms with Gasteiger partial charge in [0.2, 0.25) is 11.9 Å². The van der Waals surface area contributed by atoms with Crippen LogP contribution in [0.25, 0.3) is 0 Å². The maximum absolute atomic E-state index is 12.1. The molecule has 7 nitrogen and oxygen atoms in total. The van der Waals surface area contributed by atoms with Gasteiger partial charge in [-0.15, -0.1) is 5.10 Å². The smallest absolute Gasteiger partial charge is 0.250 e. The summed E-state index contributed by atoms with van der Waals surface area (Å²) in [7, 11) is 1.66. The van der Waals surface area contributed by atoms with Gasteiger partial charge in [-0.1, -0.05) is 55.8 Å². The monoisotopic (exact) mass is 425 g/mol. The number of carbonyl (C=O) groups is 1. The van der Waals surface area contributed by atoms with Crippen molar-refractivity contribution in [1.29, 1.82) is 0 Å². The predicted molar refractivity (Wildman–Crippen MR) is 117 cm³/mol. The van der Waals surface area contributed by atoms with Crippen LogP contribution in [0.2, 0.25) is 5.02 Å². The molecular weight excluding hydrogens is 402 g/mol. The maximum Gasteiger partial charge on any atom is 0.250 e. The first-order chi connectivity index (χ1) is 14.5. The van der Waals surface area contributed by atoms with E-state index in [1.165, 1.54) is 0 Å². The molecule has 156 valence electrons. The molecule has 1 aromatic heterocycles. The molecule has 8 heteroatoms. The highest BCUT2D eigenvalue weighted by molar-refractivity contribution is 6.30. The fourth-order valence-corrected chi connectivity index (χ4v) is 3.73. The molecule has 4 rings (SSSR count). The maximum atomic E-state index is 12.1. The average Bonchev–Trinajstić information content (AvgIpc) is 3.15. The third-order valence-corrected chi connectivity index (χ3v) is 5.47. The lowest BCUT2D eigenvalue weighted by Crippen LogP contribution is -2.28. The largest absolute Gasteiger partial charge is 0.496 e. The van der Waals surface area contributed by atoms with Crippen molar-refractivity contribution < 1.29 is 9.53 Å². The van der Waals surface area contributed by atoms with Gasteiger partial charge in [0.15, 0.2) is 0 Å². The number of hydrogen-bond donors (Lipinski definition) is 2. The minimum atomic E-state index is -0.162. The van der Waals surface area contributed by atoms with Crippen LogP contribution in [-0.4, -0.2) is 27.8 Å². The molecule has 2 N–H and O–H groups in total. The van der Waals surface area contributed by atoms with E-state index in [9.17, 15) is 4.79 Å². The van der Waals surface area contributed by atoms with E-state index in [-0.39, 0.29) is 29.9 Å². The Bertz CT molecular complexity index is 1050. The molecule has 1 amide bonds. The van der Waals surface area contributed by atoms with Gasteiger partial charge < -0.3 is 10.1 Å². The predicted octanol–water partition coefficient (Wildman–Crippen LogP) is 4.68. The lowest BCUT2D eigenvalue weighted by Gasteiger charge is -2.32. The number of halogens is 1. The van der Waals surface area contributed by atoms with Crippen LogP contribution in [0.3, 0.4) is 0 Å². The molecule has 3 aromatic rings. The Morgan fingerprint density at radius 3 is 2.67 bits per heavy atom.